The first-order chi connectivity index (χ1) is 10.5. The molecule has 0 spiro atoms. The van der Waals surface area contributed by atoms with E-state index < -0.39 is 5.97 Å². The molecule has 4 heteroatoms. The van der Waals surface area contributed by atoms with E-state index in [0.29, 0.717) is 32.2 Å². The molecule has 0 unspecified atom stereocenters. The highest BCUT2D eigenvalue weighted by Crippen LogP contribution is 2.30. The second kappa shape index (κ2) is 7.43. The van der Waals surface area contributed by atoms with Gasteiger partial charge in [0.15, 0.2) is 0 Å². The summed E-state index contributed by atoms with van der Waals surface area (Å²) in [6, 6.07) is 8.35. The van der Waals surface area contributed by atoms with Gasteiger partial charge in [-0.3, -0.25) is 9.59 Å². The molecule has 0 heterocycles. The SMILES string of the molecule is CCc1ccc(CN(C)C(=O)C2CCC(C(=O)O)CC2)cc1. The second-order valence-corrected chi connectivity index (χ2v) is 6.25. The van der Waals surface area contributed by atoms with Crippen molar-refractivity contribution >= 4 is 11.9 Å². The third-order valence-corrected chi connectivity index (χ3v) is 4.65. The summed E-state index contributed by atoms with van der Waals surface area (Å²) in [5, 5.41) is 9.01. The zero-order valence-corrected chi connectivity index (χ0v) is 13.4. The zero-order chi connectivity index (χ0) is 16.1. The van der Waals surface area contributed by atoms with E-state index >= 15 is 0 Å². The molecule has 1 aromatic rings. The number of hydrogen-bond donors (Lipinski definition) is 1. The molecule has 1 aromatic carbocycles. The predicted molar refractivity (Wildman–Crippen MR) is 85.4 cm³/mol. The minimum Gasteiger partial charge on any atom is -0.481 e. The van der Waals surface area contributed by atoms with Crippen LogP contribution in [0.1, 0.15) is 43.7 Å². The summed E-state index contributed by atoms with van der Waals surface area (Å²) < 4.78 is 0. The van der Waals surface area contributed by atoms with Gasteiger partial charge in [0.1, 0.15) is 0 Å². The zero-order valence-electron chi connectivity index (χ0n) is 13.4. The van der Waals surface area contributed by atoms with Crippen LogP contribution in [0.2, 0.25) is 0 Å². The molecule has 2 rings (SSSR count). The maximum atomic E-state index is 12.5. The lowest BCUT2D eigenvalue weighted by molar-refractivity contribution is -0.145. The Morgan fingerprint density at radius 2 is 1.55 bits per heavy atom. The largest absolute Gasteiger partial charge is 0.481 e. The van der Waals surface area contributed by atoms with Crippen LogP contribution in [0.3, 0.4) is 0 Å². The average Bonchev–Trinajstić information content (AvgIpc) is 2.55. The number of benzene rings is 1. The van der Waals surface area contributed by atoms with E-state index in [0.717, 1.165) is 12.0 Å². The van der Waals surface area contributed by atoms with Crippen molar-refractivity contribution in [1.82, 2.24) is 4.90 Å². The van der Waals surface area contributed by atoms with Crippen molar-refractivity contribution < 1.29 is 14.7 Å². The lowest BCUT2D eigenvalue weighted by Crippen LogP contribution is -2.35. The Kier molecular flexibility index (Phi) is 5.58. The van der Waals surface area contributed by atoms with Crippen LogP contribution in [-0.2, 0) is 22.6 Å². The van der Waals surface area contributed by atoms with Gasteiger partial charge < -0.3 is 10.0 Å². The Hall–Kier alpha value is -1.84. The lowest BCUT2D eigenvalue weighted by Gasteiger charge is -2.29. The molecular weight excluding hydrogens is 278 g/mol. The van der Waals surface area contributed by atoms with Gasteiger partial charge in [0.2, 0.25) is 5.91 Å². The Morgan fingerprint density at radius 1 is 1.05 bits per heavy atom. The molecule has 22 heavy (non-hydrogen) atoms. The number of carboxylic acids is 1. The smallest absolute Gasteiger partial charge is 0.306 e. The molecule has 0 atom stereocenters. The predicted octanol–water partition coefficient (Wildman–Crippen LogP) is 3.10. The molecule has 1 aliphatic rings. The summed E-state index contributed by atoms with van der Waals surface area (Å²) >= 11 is 0. The lowest BCUT2D eigenvalue weighted by atomic mass is 9.81. The molecule has 0 aliphatic heterocycles. The quantitative estimate of drug-likeness (QED) is 0.909. The first-order valence-corrected chi connectivity index (χ1v) is 8.06. The topological polar surface area (TPSA) is 57.6 Å². The molecule has 4 nitrogen and oxygen atoms in total. The van der Waals surface area contributed by atoms with Crippen LogP contribution < -0.4 is 0 Å². The monoisotopic (exact) mass is 303 g/mol. The fraction of sp³-hybridized carbons (Fsp3) is 0.556. The first-order valence-electron chi connectivity index (χ1n) is 8.06. The van der Waals surface area contributed by atoms with E-state index in [1.54, 1.807) is 4.90 Å². The molecule has 1 saturated carbocycles. The van der Waals surface area contributed by atoms with Gasteiger partial charge in [-0.15, -0.1) is 0 Å². The minimum absolute atomic E-state index is 0.0180. The van der Waals surface area contributed by atoms with Crippen molar-refractivity contribution in [3.8, 4) is 0 Å². The van der Waals surface area contributed by atoms with E-state index in [1.807, 2.05) is 7.05 Å². The number of rotatable bonds is 5. The van der Waals surface area contributed by atoms with Crippen molar-refractivity contribution in [2.45, 2.75) is 45.6 Å². The number of carbonyl (C=O) groups is 2. The summed E-state index contributed by atoms with van der Waals surface area (Å²) in [6.45, 7) is 2.74. The van der Waals surface area contributed by atoms with Crippen molar-refractivity contribution in [1.29, 1.82) is 0 Å². The van der Waals surface area contributed by atoms with E-state index in [9.17, 15) is 9.59 Å². The fourth-order valence-electron chi connectivity index (χ4n) is 3.13. The van der Waals surface area contributed by atoms with Crippen LogP contribution in [-0.4, -0.2) is 28.9 Å². The summed E-state index contributed by atoms with van der Waals surface area (Å²) in [6.07, 6.45) is 3.63. The number of aliphatic carboxylic acids is 1. The number of carbonyl (C=O) groups excluding carboxylic acids is 1. The van der Waals surface area contributed by atoms with Crippen molar-refractivity contribution in [3.63, 3.8) is 0 Å². The summed E-state index contributed by atoms with van der Waals surface area (Å²) in [5.74, 6) is -0.870. The number of nitrogens with zero attached hydrogens (tertiary/aromatic N) is 1. The highest BCUT2D eigenvalue weighted by atomic mass is 16.4. The number of hydrogen-bond acceptors (Lipinski definition) is 2. The van der Waals surface area contributed by atoms with E-state index in [4.69, 9.17) is 5.11 Å². The van der Waals surface area contributed by atoms with Crippen LogP contribution >= 0.6 is 0 Å². The maximum absolute atomic E-state index is 12.5. The van der Waals surface area contributed by atoms with Gasteiger partial charge >= 0.3 is 5.97 Å². The second-order valence-electron chi connectivity index (χ2n) is 6.25. The molecule has 120 valence electrons. The highest BCUT2D eigenvalue weighted by Gasteiger charge is 2.31. The average molecular weight is 303 g/mol. The van der Waals surface area contributed by atoms with E-state index in [1.165, 1.54) is 5.56 Å². The molecule has 1 N–H and O–H groups in total. The van der Waals surface area contributed by atoms with Gasteiger partial charge in [-0.25, -0.2) is 0 Å². The van der Waals surface area contributed by atoms with Gasteiger partial charge in [-0.2, -0.15) is 0 Å². The molecule has 1 amide bonds. The molecule has 1 fully saturated rings. The van der Waals surface area contributed by atoms with E-state index in [2.05, 4.69) is 31.2 Å². The number of carboxylic acid groups (broad SMARTS) is 1. The highest BCUT2D eigenvalue weighted by molar-refractivity contribution is 5.79. The Labute approximate surface area is 132 Å². The van der Waals surface area contributed by atoms with Crippen LogP contribution in [0, 0.1) is 11.8 Å². The van der Waals surface area contributed by atoms with Gasteiger partial charge in [-0.05, 0) is 43.2 Å². The molecular formula is C18H25NO3. The van der Waals surface area contributed by atoms with Crippen LogP contribution in [0.4, 0.5) is 0 Å². The number of amides is 1. The minimum atomic E-state index is -0.727. The first kappa shape index (κ1) is 16.5. The van der Waals surface area contributed by atoms with Crippen molar-refractivity contribution in [2.24, 2.45) is 11.8 Å². The molecule has 0 aromatic heterocycles. The van der Waals surface area contributed by atoms with E-state index in [-0.39, 0.29) is 17.7 Å². The standard InChI is InChI=1S/C18H25NO3/c1-3-13-4-6-14(7-5-13)12-19(2)17(20)15-8-10-16(11-9-15)18(21)22/h4-7,15-16H,3,8-12H2,1-2H3,(H,21,22). The molecule has 0 radical (unpaired) electrons. The molecule has 1 aliphatic carbocycles. The van der Waals surface area contributed by atoms with Crippen LogP contribution in [0.15, 0.2) is 24.3 Å². The summed E-state index contributed by atoms with van der Waals surface area (Å²) in [5.41, 5.74) is 2.43. The third-order valence-electron chi connectivity index (χ3n) is 4.65. The van der Waals surface area contributed by atoms with Crippen molar-refractivity contribution in [3.05, 3.63) is 35.4 Å². The fourth-order valence-corrected chi connectivity index (χ4v) is 3.13. The Morgan fingerprint density at radius 3 is 2.05 bits per heavy atom. The molecule has 0 saturated heterocycles. The van der Waals surface area contributed by atoms with Crippen LogP contribution in [0.25, 0.3) is 0 Å². The van der Waals surface area contributed by atoms with Gasteiger partial charge in [0.25, 0.3) is 0 Å². The molecule has 0 bridgehead atoms. The summed E-state index contributed by atoms with van der Waals surface area (Å²) in [7, 11) is 1.83. The van der Waals surface area contributed by atoms with Gasteiger partial charge in [0, 0.05) is 19.5 Å². The van der Waals surface area contributed by atoms with Crippen LogP contribution in [0.5, 0.6) is 0 Å². The maximum Gasteiger partial charge on any atom is 0.306 e. The Bertz CT molecular complexity index is 516. The normalized spacial score (nSPS) is 21.4. The van der Waals surface area contributed by atoms with Crippen molar-refractivity contribution in [2.75, 3.05) is 7.05 Å². The Balaban J connectivity index is 1.88. The number of aryl methyl sites for hydroxylation is 1. The summed E-state index contributed by atoms with van der Waals surface area (Å²) in [4.78, 5) is 25.2. The van der Waals surface area contributed by atoms with Gasteiger partial charge in [0.05, 0.1) is 5.92 Å². The third kappa shape index (κ3) is 4.09. The van der Waals surface area contributed by atoms with Gasteiger partial charge in [-0.1, -0.05) is 31.2 Å².